The first-order valence-electron chi connectivity index (χ1n) is 9.99. The van der Waals surface area contributed by atoms with Crippen LogP contribution in [0.5, 0.6) is 5.75 Å². The first-order valence-corrected chi connectivity index (χ1v) is 11.2. The van der Waals surface area contributed by atoms with Gasteiger partial charge in [-0.15, -0.1) is 11.3 Å². The third-order valence-electron chi connectivity index (χ3n) is 4.78. The van der Waals surface area contributed by atoms with Gasteiger partial charge in [-0.3, -0.25) is 0 Å². The third kappa shape index (κ3) is 5.02. The van der Waals surface area contributed by atoms with Gasteiger partial charge < -0.3 is 9.30 Å². The van der Waals surface area contributed by atoms with Crippen LogP contribution in [0.15, 0.2) is 89.2 Å². The van der Waals surface area contributed by atoms with E-state index in [1.165, 1.54) is 5.56 Å². The smallest absolute Gasteiger partial charge is 0.190 e. The minimum atomic E-state index is 0.658. The number of ether oxygens (including phenoxy) is 1. The van der Waals surface area contributed by atoms with E-state index in [4.69, 9.17) is 21.3 Å². The highest BCUT2D eigenvalue weighted by atomic mass is 35.5. The lowest BCUT2D eigenvalue weighted by Gasteiger charge is -2.10. The molecule has 0 bridgehead atoms. The number of nitrogens with zero attached hydrogens (tertiary/aromatic N) is 2. The van der Waals surface area contributed by atoms with E-state index in [9.17, 15) is 0 Å². The molecule has 0 amide bonds. The Morgan fingerprint density at radius 2 is 1.67 bits per heavy atom. The lowest BCUT2D eigenvalue weighted by Crippen LogP contribution is -2.17. The topological polar surface area (TPSA) is 26.5 Å². The van der Waals surface area contributed by atoms with Crippen molar-refractivity contribution in [1.29, 1.82) is 0 Å². The van der Waals surface area contributed by atoms with E-state index in [1.54, 1.807) is 11.3 Å². The number of rotatable bonds is 7. The molecule has 4 aromatic rings. The molecule has 0 fully saturated rings. The Morgan fingerprint density at radius 1 is 0.933 bits per heavy atom. The fraction of sp³-hybridized carbons (Fsp3) is 0.160. The molecular formula is C25H23ClN2OS. The van der Waals surface area contributed by atoms with Crippen LogP contribution in [0.4, 0.5) is 5.69 Å². The Bertz CT molecular complexity index is 1150. The first-order chi connectivity index (χ1) is 14.7. The van der Waals surface area contributed by atoms with Crippen molar-refractivity contribution in [3.63, 3.8) is 0 Å². The van der Waals surface area contributed by atoms with Gasteiger partial charge in [0.05, 0.1) is 18.0 Å². The number of benzene rings is 3. The van der Waals surface area contributed by atoms with Crippen LogP contribution in [0.2, 0.25) is 5.02 Å². The van der Waals surface area contributed by atoms with Crippen molar-refractivity contribution in [2.75, 3.05) is 6.61 Å². The standard InChI is InChI=1S/C25H23ClN2OS/c1-2-29-23-14-12-22(13-15-23)27-25-28(17-16-19-6-4-3-5-7-19)24(18-30-25)20-8-10-21(26)11-9-20/h3-15,18H,2,16-17H2,1H3. The van der Waals surface area contributed by atoms with Crippen LogP contribution in [0.3, 0.4) is 0 Å². The Morgan fingerprint density at radius 3 is 2.37 bits per heavy atom. The van der Waals surface area contributed by atoms with Gasteiger partial charge in [-0.2, -0.15) is 0 Å². The Kier molecular flexibility index (Phi) is 6.67. The molecule has 1 heterocycles. The van der Waals surface area contributed by atoms with Crippen molar-refractivity contribution < 1.29 is 4.74 Å². The van der Waals surface area contributed by atoms with Crippen LogP contribution in [0, 0.1) is 0 Å². The number of hydrogen-bond donors (Lipinski definition) is 0. The summed E-state index contributed by atoms with van der Waals surface area (Å²) in [5, 5.41) is 2.91. The summed E-state index contributed by atoms with van der Waals surface area (Å²) in [6.07, 6.45) is 0.939. The molecule has 0 aliphatic rings. The summed E-state index contributed by atoms with van der Waals surface area (Å²) in [5.74, 6) is 0.862. The van der Waals surface area contributed by atoms with Crippen molar-refractivity contribution >= 4 is 28.6 Å². The van der Waals surface area contributed by atoms with Crippen LogP contribution in [0.25, 0.3) is 11.3 Å². The van der Waals surface area contributed by atoms with Gasteiger partial charge >= 0.3 is 0 Å². The van der Waals surface area contributed by atoms with Gasteiger partial charge in [0.25, 0.3) is 0 Å². The Labute approximate surface area is 185 Å². The fourth-order valence-electron chi connectivity index (χ4n) is 3.27. The van der Waals surface area contributed by atoms with E-state index in [2.05, 4.69) is 46.3 Å². The number of thiazole rings is 1. The summed E-state index contributed by atoms with van der Waals surface area (Å²) in [6.45, 7) is 3.49. The quantitative estimate of drug-likeness (QED) is 0.316. The van der Waals surface area contributed by atoms with Crippen molar-refractivity contribution in [2.24, 2.45) is 4.99 Å². The highest BCUT2D eigenvalue weighted by molar-refractivity contribution is 7.07. The molecule has 5 heteroatoms. The van der Waals surface area contributed by atoms with Gasteiger partial charge in [0.1, 0.15) is 5.75 Å². The molecule has 1 aromatic heterocycles. The molecule has 0 radical (unpaired) electrons. The van der Waals surface area contributed by atoms with Crippen LogP contribution in [-0.4, -0.2) is 11.2 Å². The van der Waals surface area contributed by atoms with Crippen LogP contribution in [-0.2, 0) is 13.0 Å². The molecule has 0 aliphatic heterocycles. The molecule has 3 nitrogen and oxygen atoms in total. The second-order valence-electron chi connectivity index (χ2n) is 6.84. The van der Waals surface area contributed by atoms with Gasteiger partial charge in [0.15, 0.2) is 4.80 Å². The SMILES string of the molecule is CCOc1ccc(N=c2scc(-c3ccc(Cl)cc3)n2CCc2ccccc2)cc1. The fourth-order valence-corrected chi connectivity index (χ4v) is 4.35. The molecule has 0 spiro atoms. The monoisotopic (exact) mass is 434 g/mol. The maximum atomic E-state index is 6.09. The van der Waals surface area contributed by atoms with Gasteiger partial charge in [0, 0.05) is 16.9 Å². The number of aromatic nitrogens is 1. The van der Waals surface area contributed by atoms with Crippen molar-refractivity contribution in [1.82, 2.24) is 4.57 Å². The number of halogens is 1. The lowest BCUT2D eigenvalue weighted by molar-refractivity contribution is 0.340. The summed E-state index contributed by atoms with van der Waals surface area (Å²) in [7, 11) is 0. The molecule has 0 N–H and O–H groups in total. The molecule has 0 saturated heterocycles. The summed E-state index contributed by atoms with van der Waals surface area (Å²) < 4.78 is 7.83. The van der Waals surface area contributed by atoms with Crippen LogP contribution in [0.1, 0.15) is 12.5 Å². The summed E-state index contributed by atoms with van der Waals surface area (Å²) >= 11 is 7.75. The second-order valence-corrected chi connectivity index (χ2v) is 8.11. The van der Waals surface area contributed by atoms with Gasteiger partial charge in [-0.1, -0.05) is 54.1 Å². The van der Waals surface area contributed by atoms with Crippen LogP contribution >= 0.6 is 22.9 Å². The molecule has 4 rings (SSSR count). The Hall–Kier alpha value is -2.82. The zero-order valence-electron chi connectivity index (χ0n) is 16.8. The molecule has 0 atom stereocenters. The zero-order valence-corrected chi connectivity index (χ0v) is 18.4. The third-order valence-corrected chi connectivity index (χ3v) is 5.89. The summed E-state index contributed by atoms with van der Waals surface area (Å²) in [6, 6.07) is 26.4. The largest absolute Gasteiger partial charge is 0.494 e. The molecule has 152 valence electrons. The minimum Gasteiger partial charge on any atom is -0.494 e. The predicted molar refractivity (Wildman–Crippen MR) is 126 cm³/mol. The normalized spacial score (nSPS) is 11.6. The molecule has 0 saturated carbocycles. The molecular weight excluding hydrogens is 412 g/mol. The van der Waals surface area contributed by atoms with Crippen molar-refractivity contribution in [3.8, 4) is 17.0 Å². The van der Waals surface area contributed by atoms with E-state index in [0.29, 0.717) is 6.61 Å². The molecule has 0 aliphatic carbocycles. The van der Waals surface area contributed by atoms with E-state index in [1.807, 2.05) is 49.4 Å². The maximum absolute atomic E-state index is 6.09. The average molecular weight is 435 g/mol. The van der Waals surface area contributed by atoms with Gasteiger partial charge in [0.2, 0.25) is 0 Å². The van der Waals surface area contributed by atoms with E-state index < -0.39 is 0 Å². The lowest BCUT2D eigenvalue weighted by atomic mass is 10.1. The van der Waals surface area contributed by atoms with E-state index in [0.717, 1.165) is 45.5 Å². The van der Waals surface area contributed by atoms with Crippen LogP contribution < -0.4 is 9.54 Å². The highest BCUT2D eigenvalue weighted by Gasteiger charge is 2.09. The van der Waals surface area contributed by atoms with Crippen molar-refractivity contribution in [2.45, 2.75) is 19.9 Å². The minimum absolute atomic E-state index is 0.658. The second kappa shape index (κ2) is 9.79. The zero-order chi connectivity index (χ0) is 20.8. The number of aryl methyl sites for hydroxylation is 1. The molecule has 30 heavy (non-hydrogen) atoms. The highest BCUT2D eigenvalue weighted by Crippen LogP contribution is 2.24. The van der Waals surface area contributed by atoms with Gasteiger partial charge in [-0.05, 0) is 60.9 Å². The van der Waals surface area contributed by atoms with E-state index in [-0.39, 0.29) is 0 Å². The summed E-state index contributed by atoms with van der Waals surface area (Å²) in [4.78, 5) is 5.89. The first kappa shape index (κ1) is 20.5. The maximum Gasteiger partial charge on any atom is 0.190 e. The number of hydrogen-bond acceptors (Lipinski definition) is 3. The average Bonchev–Trinajstić information content (AvgIpc) is 3.17. The van der Waals surface area contributed by atoms with Gasteiger partial charge in [-0.25, -0.2) is 4.99 Å². The van der Waals surface area contributed by atoms with E-state index >= 15 is 0 Å². The van der Waals surface area contributed by atoms with Crippen molar-refractivity contribution in [3.05, 3.63) is 99.6 Å². The Balaban J connectivity index is 1.71. The molecule has 3 aromatic carbocycles. The molecule has 0 unspecified atom stereocenters. The predicted octanol–water partition coefficient (Wildman–Crippen LogP) is 6.74. The summed E-state index contributed by atoms with van der Waals surface area (Å²) in [5.41, 5.74) is 4.51.